The van der Waals surface area contributed by atoms with Gasteiger partial charge < -0.3 is 19.9 Å². The molecule has 0 unspecified atom stereocenters. The molecule has 0 aromatic heterocycles. The summed E-state index contributed by atoms with van der Waals surface area (Å²) in [6, 6.07) is 5.39. The van der Waals surface area contributed by atoms with Crippen molar-refractivity contribution in [2.75, 3.05) is 20.8 Å². The lowest BCUT2D eigenvalue weighted by atomic mass is 10.2. The lowest BCUT2D eigenvalue weighted by molar-refractivity contribution is -0.137. The van der Waals surface area contributed by atoms with Gasteiger partial charge in [0.05, 0.1) is 14.2 Å². The number of nitrogens with one attached hydrogen (secondary N) is 1. The van der Waals surface area contributed by atoms with Gasteiger partial charge in [-0.2, -0.15) is 0 Å². The van der Waals surface area contributed by atoms with Crippen LogP contribution in [0.25, 0.3) is 6.08 Å². The van der Waals surface area contributed by atoms with Crippen molar-refractivity contribution in [1.29, 1.82) is 0 Å². The van der Waals surface area contributed by atoms with Gasteiger partial charge in [-0.3, -0.25) is 9.59 Å². The number of carboxylic acids is 1. The molecular formula is C17H23NO5. The lowest BCUT2D eigenvalue weighted by Gasteiger charge is -2.07. The fourth-order valence-electron chi connectivity index (χ4n) is 1.98. The highest BCUT2D eigenvalue weighted by Crippen LogP contribution is 2.27. The number of ether oxygens (including phenoxy) is 2. The van der Waals surface area contributed by atoms with E-state index in [2.05, 4.69) is 5.32 Å². The molecular weight excluding hydrogens is 298 g/mol. The van der Waals surface area contributed by atoms with Crippen LogP contribution in [0.15, 0.2) is 24.3 Å². The predicted molar refractivity (Wildman–Crippen MR) is 87.7 cm³/mol. The minimum Gasteiger partial charge on any atom is -0.493 e. The van der Waals surface area contributed by atoms with E-state index in [1.165, 1.54) is 6.08 Å². The van der Waals surface area contributed by atoms with Crippen LogP contribution in [0.5, 0.6) is 11.5 Å². The molecule has 1 amide bonds. The molecule has 6 heteroatoms. The molecule has 23 heavy (non-hydrogen) atoms. The van der Waals surface area contributed by atoms with E-state index in [0.717, 1.165) is 18.4 Å². The Bertz CT molecular complexity index is 554. The zero-order chi connectivity index (χ0) is 17.1. The van der Waals surface area contributed by atoms with Gasteiger partial charge in [-0.15, -0.1) is 0 Å². The summed E-state index contributed by atoms with van der Waals surface area (Å²) < 4.78 is 10.4. The molecule has 2 N–H and O–H groups in total. The summed E-state index contributed by atoms with van der Waals surface area (Å²) in [5.74, 6) is 0.272. The quantitative estimate of drug-likeness (QED) is 0.511. The molecule has 0 aliphatic rings. The number of hydrogen-bond acceptors (Lipinski definition) is 4. The molecule has 0 fully saturated rings. The van der Waals surface area contributed by atoms with Crippen LogP contribution in [0.3, 0.4) is 0 Å². The van der Waals surface area contributed by atoms with E-state index in [9.17, 15) is 9.59 Å². The molecule has 0 heterocycles. The Kier molecular flexibility index (Phi) is 8.28. The van der Waals surface area contributed by atoms with Crippen molar-refractivity contribution in [3.8, 4) is 11.5 Å². The largest absolute Gasteiger partial charge is 0.493 e. The fourth-order valence-corrected chi connectivity index (χ4v) is 1.98. The molecule has 6 nitrogen and oxygen atoms in total. The lowest BCUT2D eigenvalue weighted by Crippen LogP contribution is -2.22. The predicted octanol–water partition coefficient (Wildman–Crippen LogP) is 2.48. The van der Waals surface area contributed by atoms with Gasteiger partial charge in [-0.1, -0.05) is 12.5 Å². The number of hydrogen-bond donors (Lipinski definition) is 2. The van der Waals surface area contributed by atoms with E-state index in [1.54, 1.807) is 32.4 Å². The van der Waals surface area contributed by atoms with Crippen molar-refractivity contribution in [3.63, 3.8) is 0 Å². The molecule has 1 aromatic carbocycles. The Morgan fingerprint density at radius 1 is 1.13 bits per heavy atom. The van der Waals surface area contributed by atoms with E-state index in [1.807, 2.05) is 6.07 Å². The van der Waals surface area contributed by atoms with Crippen molar-refractivity contribution in [3.05, 3.63) is 29.8 Å². The number of benzene rings is 1. The normalized spacial score (nSPS) is 10.5. The van der Waals surface area contributed by atoms with Gasteiger partial charge in [-0.05, 0) is 36.6 Å². The topological polar surface area (TPSA) is 84.9 Å². The maximum absolute atomic E-state index is 11.7. The van der Waals surface area contributed by atoms with Crippen LogP contribution in [-0.2, 0) is 9.59 Å². The second kappa shape index (κ2) is 10.3. The first-order valence-corrected chi connectivity index (χ1v) is 7.46. The van der Waals surface area contributed by atoms with Gasteiger partial charge in [0.1, 0.15) is 0 Å². The summed E-state index contributed by atoms with van der Waals surface area (Å²) in [7, 11) is 3.12. The SMILES string of the molecule is COc1ccc(/C=C/C(=O)NCCCCCC(=O)O)cc1OC. The molecule has 0 saturated heterocycles. The highest BCUT2D eigenvalue weighted by atomic mass is 16.5. The van der Waals surface area contributed by atoms with E-state index < -0.39 is 5.97 Å². The third-order valence-corrected chi connectivity index (χ3v) is 3.20. The average Bonchev–Trinajstić information content (AvgIpc) is 2.55. The van der Waals surface area contributed by atoms with E-state index in [-0.39, 0.29) is 12.3 Å². The minimum atomic E-state index is -0.785. The number of amides is 1. The molecule has 126 valence electrons. The van der Waals surface area contributed by atoms with Gasteiger partial charge in [0, 0.05) is 19.0 Å². The summed E-state index contributed by atoms with van der Waals surface area (Å²) >= 11 is 0. The Hall–Kier alpha value is -2.50. The molecule has 1 rings (SSSR count). The summed E-state index contributed by atoms with van der Waals surface area (Å²) in [5.41, 5.74) is 0.833. The Labute approximate surface area is 136 Å². The Morgan fingerprint density at radius 3 is 2.52 bits per heavy atom. The maximum Gasteiger partial charge on any atom is 0.303 e. The zero-order valence-electron chi connectivity index (χ0n) is 13.5. The number of carboxylic acid groups (broad SMARTS) is 1. The van der Waals surface area contributed by atoms with Crippen molar-refractivity contribution in [2.45, 2.75) is 25.7 Å². The second-order valence-electron chi connectivity index (χ2n) is 4.94. The van der Waals surface area contributed by atoms with Crippen LogP contribution in [-0.4, -0.2) is 37.7 Å². The number of unbranched alkanes of at least 4 members (excludes halogenated alkanes) is 2. The van der Waals surface area contributed by atoms with Crippen LogP contribution in [0, 0.1) is 0 Å². The van der Waals surface area contributed by atoms with Gasteiger partial charge in [0.2, 0.25) is 5.91 Å². The summed E-state index contributed by atoms with van der Waals surface area (Å²) in [4.78, 5) is 22.0. The minimum absolute atomic E-state index is 0.174. The van der Waals surface area contributed by atoms with Gasteiger partial charge in [-0.25, -0.2) is 0 Å². The monoisotopic (exact) mass is 321 g/mol. The van der Waals surface area contributed by atoms with Gasteiger partial charge in [0.15, 0.2) is 11.5 Å². The summed E-state index contributed by atoms with van der Waals surface area (Å²) in [6.45, 7) is 0.536. The number of aliphatic carboxylic acids is 1. The standard InChI is InChI=1S/C17H23NO5/c1-22-14-9-7-13(12-15(14)23-2)8-10-16(19)18-11-5-3-4-6-17(20)21/h7-10,12H,3-6,11H2,1-2H3,(H,18,19)(H,20,21)/b10-8+. The third-order valence-electron chi connectivity index (χ3n) is 3.20. The first-order chi connectivity index (χ1) is 11.1. The smallest absolute Gasteiger partial charge is 0.303 e. The van der Waals surface area contributed by atoms with Gasteiger partial charge >= 0.3 is 5.97 Å². The van der Waals surface area contributed by atoms with Crippen LogP contribution in [0.1, 0.15) is 31.2 Å². The third kappa shape index (κ3) is 7.35. The molecule has 1 aromatic rings. The van der Waals surface area contributed by atoms with Crippen molar-refractivity contribution in [2.24, 2.45) is 0 Å². The molecule has 0 atom stereocenters. The highest BCUT2D eigenvalue weighted by Gasteiger charge is 2.03. The Morgan fingerprint density at radius 2 is 1.87 bits per heavy atom. The zero-order valence-corrected chi connectivity index (χ0v) is 13.5. The van der Waals surface area contributed by atoms with E-state index >= 15 is 0 Å². The number of carbonyl (C=O) groups is 2. The first kappa shape index (κ1) is 18.5. The van der Waals surface area contributed by atoms with Crippen molar-refractivity contribution < 1.29 is 24.2 Å². The molecule has 0 aliphatic carbocycles. The fraction of sp³-hybridized carbons (Fsp3) is 0.412. The molecule has 0 aliphatic heterocycles. The van der Waals surface area contributed by atoms with Crippen LogP contribution in [0.4, 0.5) is 0 Å². The van der Waals surface area contributed by atoms with E-state index in [4.69, 9.17) is 14.6 Å². The number of carbonyl (C=O) groups excluding carboxylic acids is 1. The summed E-state index contributed by atoms with van der Waals surface area (Å²) in [5, 5.41) is 11.3. The van der Waals surface area contributed by atoms with Crippen LogP contribution >= 0.6 is 0 Å². The molecule has 0 spiro atoms. The van der Waals surface area contributed by atoms with Crippen LogP contribution in [0.2, 0.25) is 0 Å². The number of rotatable bonds is 10. The Balaban J connectivity index is 2.36. The highest BCUT2D eigenvalue weighted by molar-refractivity contribution is 5.91. The summed E-state index contributed by atoms with van der Waals surface area (Å²) in [6.07, 6.45) is 5.51. The maximum atomic E-state index is 11.7. The van der Waals surface area contributed by atoms with Gasteiger partial charge in [0.25, 0.3) is 0 Å². The average molecular weight is 321 g/mol. The first-order valence-electron chi connectivity index (χ1n) is 7.46. The molecule has 0 bridgehead atoms. The molecule has 0 radical (unpaired) electrons. The van der Waals surface area contributed by atoms with Crippen molar-refractivity contribution >= 4 is 18.0 Å². The van der Waals surface area contributed by atoms with E-state index in [0.29, 0.717) is 24.5 Å². The second-order valence-corrected chi connectivity index (χ2v) is 4.94. The number of methoxy groups -OCH3 is 2. The van der Waals surface area contributed by atoms with Crippen LogP contribution < -0.4 is 14.8 Å². The molecule has 0 saturated carbocycles. The van der Waals surface area contributed by atoms with Crippen molar-refractivity contribution in [1.82, 2.24) is 5.32 Å².